The molecule has 0 radical (unpaired) electrons. The first kappa shape index (κ1) is 8.91. The van der Waals surface area contributed by atoms with Crippen LogP contribution in [0.15, 0.2) is 0 Å². The first-order valence-electron chi connectivity index (χ1n) is 3.71. The Morgan fingerprint density at radius 3 is 2.36 bits per heavy atom. The number of carbonyl (C=O) groups excluding carboxylic acids is 1. The zero-order chi connectivity index (χ0) is 8.48. The standard InChI is InChI=1S/C6H13N2O2P/c7-11(8,10)6-4-2-1-3-5(6)9/h6H,1-4H2,(H4,7,8,10). The summed E-state index contributed by atoms with van der Waals surface area (Å²) >= 11 is 0. The van der Waals surface area contributed by atoms with E-state index < -0.39 is 13.1 Å². The third-order valence-electron chi connectivity index (χ3n) is 2.01. The topological polar surface area (TPSA) is 86.2 Å². The fraction of sp³-hybridized carbons (Fsp3) is 0.833. The van der Waals surface area contributed by atoms with E-state index in [0.717, 1.165) is 12.8 Å². The summed E-state index contributed by atoms with van der Waals surface area (Å²) in [5.41, 5.74) is 9.87. The van der Waals surface area contributed by atoms with Gasteiger partial charge in [0.05, 0.1) is 5.66 Å². The van der Waals surface area contributed by atoms with E-state index in [1.165, 1.54) is 0 Å². The van der Waals surface area contributed by atoms with Gasteiger partial charge in [-0.1, -0.05) is 6.42 Å². The fourth-order valence-corrected chi connectivity index (χ4v) is 2.56. The van der Waals surface area contributed by atoms with Crippen LogP contribution in [0.4, 0.5) is 0 Å². The summed E-state index contributed by atoms with van der Waals surface area (Å²) < 4.78 is 11.1. The van der Waals surface area contributed by atoms with Crippen LogP contribution >= 0.6 is 7.44 Å². The van der Waals surface area contributed by atoms with Gasteiger partial charge >= 0.3 is 0 Å². The summed E-state index contributed by atoms with van der Waals surface area (Å²) in [6, 6.07) is 0. The van der Waals surface area contributed by atoms with E-state index in [1.54, 1.807) is 0 Å². The van der Waals surface area contributed by atoms with E-state index in [2.05, 4.69) is 0 Å². The molecule has 0 aromatic rings. The van der Waals surface area contributed by atoms with Gasteiger partial charge in [0.15, 0.2) is 0 Å². The summed E-state index contributed by atoms with van der Waals surface area (Å²) in [6.07, 6.45) is 2.89. The van der Waals surface area contributed by atoms with Crippen LogP contribution in [0.3, 0.4) is 0 Å². The monoisotopic (exact) mass is 176 g/mol. The van der Waals surface area contributed by atoms with Crippen LogP contribution in [-0.4, -0.2) is 11.4 Å². The fourth-order valence-electron chi connectivity index (χ4n) is 1.39. The average Bonchev–Trinajstić information content (AvgIpc) is 1.86. The molecule has 0 bridgehead atoms. The number of ketones is 1. The van der Waals surface area contributed by atoms with Gasteiger partial charge in [0, 0.05) is 6.42 Å². The molecule has 0 amide bonds. The molecular formula is C6H13N2O2P. The van der Waals surface area contributed by atoms with Gasteiger partial charge in [-0.2, -0.15) is 0 Å². The van der Waals surface area contributed by atoms with E-state index in [0.29, 0.717) is 12.8 Å². The van der Waals surface area contributed by atoms with Crippen LogP contribution in [-0.2, 0) is 9.36 Å². The molecule has 11 heavy (non-hydrogen) atoms. The minimum absolute atomic E-state index is 0.0235. The number of rotatable bonds is 1. The largest absolute Gasteiger partial charge is 0.299 e. The number of carbonyl (C=O) groups is 1. The maximum Gasteiger partial charge on any atom is 0.216 e. The Bertz CT molecular complexity index is 211. The molecule has 0 spiro atoms. The molecule has 1 rings (SSSR count). The Morgan fingerprint density at radius 2 is 2.00 bits per heavy atom. The predicted molar refractivity (Wildman–Crippen MR) is 43.2 cm³/mol. The van der Waals surface area contributed by atoms with Crippen molar-refractivity contribution < 1.29 is 9.36 Å². The minimum Gasteiger partial charge on any atom is -0.299 e. The minimum atomic E-state index is -3.15. The SMILES string of the molecule is NP(N)(=O)C1CCCCC1=O. The molecule has 1 unspecified atom stereocenters. The van der Waals surface area contributed by atoms with E-state index in [1.807, 2.05) is 0 Å². The second-order valence-electron chi connectivity index (χ2n) is 2.99. The summed E-state index contributed by atoms with van der Waals surface area (Å²) in [5.74, 6) is -0.0235. The van der Waals surface area contributed by atoms with Gasteiger partial charge < -0.3 is 0 Å². The van der Waals surface area contributed by atoms with Crippen LogP contribution in [0, 0.1) is 0 Å². The Labute approximate surface area is 65.8 Å². The normalized spacial score (nSPS) is 27.1. The molecular weight excluding hydrogens is 163 g/mol. The third-order valence-corrected chi connectivity index (χ3v) is 3.53. The second-order valence-corrected chi connectivity index (χ2v) is 5.14. The van der Waals surface area contributed by atoms with Crippen molar-refractivity contribution in [2.45, 2.75) is 31.3 Å². The van der Waals surface area contributed by atoms with Crippen molar-refractivity contribution >= 4 is 13.2 Å². The maximum absolute atomic E-state index is 11.1. The Balaban J connectivity index is 2.70. The van der Waals surface area contributed by atoms with Crippen molar-refractivity contribution in [2.24, 2.45) is 11.0 Å². The molecule has 0 saturated heterocycles. The first-order valence-corrected chi connectivity index (χ1v) is 5.63. The second kappa shape index (κ2) is 3.05. The van der Waals surface area contributed by atoms with Crippen LogP contribution < -0.4 is 11.0 Å². The molecule has 0 heterocycles. The quantitative estimate of drug-likeness (QED) is 0.573. The smallest absolute Gasteiger partial charge is 0.216 e. The van der Waals surface area contributed by atoms with Crippen molar-refractivity contribution in [3.63, 3.8) is 0 Å². The third kappa shape index (κ3) is 2.12. The molecule has 0 aliphatic heterocycles. The zero-order valence-electron chi connectivity index (χ0n) is 6.32. The van der Waals surface area contributed by atoms with Gasteiger partial charge in [-0.05, 0) is 12.8 Å². The summed E-state index contributed by atoms with van der Waals surface area (Å²) in [6.45, 7) is 0. The molecule has 64 valence electrons. The first-order chi connectivity index (χ1) is 5.02. The number of nitrogens with two attached hydrogens (primary N) is 2. The number of hydrogen-bond donors (Lipinski definition) is 2. The molecule has 1 aliphatic rings. The summed E-state index contributed by atoms with van der Waals surface area (Å²) in [7, 11) is -3.15. The Kier molecular flexibility index (Phi) is 2.47. The highest BCUT2D eigenvalue weighted by molar-refractivity contribution is 7.60. The van der Waals surface area contributed by atoms with Gasteiger partial charge in [-0.25, -0.2) is 0 Å². The van der Waals surface area contributed by atoms with Gasteiger partial charge in [0.1, 0.15) is 5.78 Å². The van der Waals surface area contributed by atoms with E-state index in [-0.39, 0.29) is 5.78 Å². The molecule has 1 atom stereocenters. The van der Waals surface area contributed by atoms with Crippen molar-refractivity contribution in [1.82, 2.24) is 0 Å². The lowest BCUT2D eigenvalue weighted by Crippen LogP contribution is -2.31. The summed E-state index contributed by atoms with van der Waals surface area (Å²) in [5, 5.41) is 0. The van der Waals surface area contributed by atoms with E-state index in [4.69, 9.17) is 11.0 Å². The lowest BCUT2D eigenvalue weighted by Gasteiger charge is -2.22. The highest BCUT2D eigenvalue weighted by atomic mass is 31.2. The van der Waals surface area contributed by atoms with Gasteiger partial charge in [0.2, 0.25) is 7.44 Å². The highest BCUT2D eigenvalue weighted by Gasteiger charge is 2.33. The van der Waals surface area contributed by atoms with E-state index >= 15 is 0 Å². The van der Waals surface area contributed by atoms with E-state index in [9.17, 15) is 9.36 Å². The predicted octanol–water partition coefficient (Wildman–Crippen LogP) is 0.609. The van der Waals surface area contributed by atoms with Crippen LogP contribution in [0.5, 0.6) is 0 Å². The number of hydrogen-bond acceptors (Lipinski definition) is 2. The van der Waals surface area contributed by atoms with Crippen LogP contribution in [0.25, 0.3) is 0 Å². The number of Topliss-reactive ketones (excluding diaryl/α,β-unsaturated/α-hetero) is 1. The molecule has 1 aliphatic carbocycles. The molecule has 1 fully saturated rings. The van der Waals surface area contributed by atoms with Crippen molar-refractivity contribution in [2.75, 3.05) is 0 Å². The van der Waals surface area contributed by atoms with Crippen molar-refractivity contribution in [3.8, 4) is 0 Å². The van der Waals surface area contributed by atoms with Crippen molar-refractivity contribution in [3.05, 3.63) is 0 Å². The van der Waals surface area contributed by atoms with Gasteiger partial charge in [-0.15, -0.1) is 0 Å². The van der Waals surface area contributed by atoms with Crippen LogP contribution in [0.2, 0.25) is 0 Å². The molecule has 0 aromatic heterocycles. The highest BCUT2D eigenvalue weighted by Crippen LogP contribution is 2.39. The van der Waals surface area contributed by atoms with Gasteiger partial charge in [-0.3, -0.25) is 20.4 Å². The maximum atomic E-state index is 11.1. The molecule has 0 aromatic carbocycles. The van der Waals surface area contributed by atoms with Crippen LogP contribution in [0.1, 0.15) is 25.7 Å². The molecule has 4 N–H and O–H groups in total. The molecule has 1 saturated carbocycles. The lowest BCUT2D eigenvalue weighted by molar-refractivity contribution is -0.119. The Morgan fingerprint density at radius 1 is 1.36 bits per heavy atom. The summed E-state index contributed by atoms with van der Waals surface area (Å²) in [4.78, 5) is 11.1. The average molecular weight is 176 g/mol. The molecule has 5 heteroatoms. The van der Waals surface area contributed by atoms with Crippen molar-refractivity contribution in [1.29, 1.82) is 0 Å². The lowest BCUT2D eigenvalue weighted by atomic mass is 9.99. The zero-order valence-corrected chi connectivity index (χ0v) is 7.22. The molecule has 4 nitrogen and oxygen atoms in total. The van der Waals surface area contributed by atoms with Gasteiger partial charge in [0.25, 0.3) is 0 Å². The Hall–Kier alpha value is -0.180.